The van der Waals surface area contributed by atoms with Gasteiger partial charge in [0.15, 0.2) is 5.69 Å². The SMILES string of the molecule is CCC(N)c1nc(C(=O)NCc2cccc(C)c2)co1. The van der Waals surface area contributed by atoms with Gasteiger partial charge in [-0.2, -0.15) is 0 Å². The maximum Gasteiger partial charge on any atom is 0.273 e. The highest BCUT2D eigenvalue weighted by Gasteiger charge is 2.15. The molecule has 0 aliphatic carbocycles. The third-order valence-corrected chi connectivity index (χ3v) is 3.05. The van der Waals surface area contributed by atoms with Gasteiger partial charge in [0.25, 0.3) is 5.91 Å². The summed E-state index contributed by atoms with van der Waals surface area (Å²) < 4.78 is 5.21. The van der Waals surface area contributed by atoms with Crippen LogP contribution in [-0.4, -0.2) is 10.9 Å². The molecule has 1 aromatic carbocycles. The first kappa shape index (κ1) is 14.3. The molecule has 2 rings (SSSR count). The average Bonchev–Trinajstić information content (AvgIpc) is 2.94. The summed E-state index contributed by atoms with van der Waals surface area (Å²) in [4.78, 5) is 16.1. The van der Waals surface area contributed by atoms with Crippen molar-refractivity contribution in [1.29, 1.82) is 0 Å². The van der Waals surface area contributed by atoms with Crippen LogP contribution in [0.3, 0.4) is 0 Å². The highest BCUT2D eigenvalue weighted by atomic mass is 16.3. The third-order valence-electron chi connectivity index (χ3n) is 3.05. The normalized spacial score (nSPS) is 12.2. The Hall–Kier alpha value is -2.14. The van der Waals surface area contributed by atoms with E-state index in [9.17, 15) is 4.79 Å². The summed E-state index contributed by atoms with van der Waals surface area (Å²) in [5.74, 6) is 0.137. The zero-order valence-electron chi connectivity index (χ0n) is 11.7. The predicted molar refractivity (Wildman–Crippen MR) is 76.1 cm³/mol. The lowest BCUT2D eigenvalue weighted by molar-refractivity contribution is 0.0946. The highest BCUT2D eigenvalue weighted by molar-refractivity contribution is 5.91. The van der Waals surface area contributed by atoms with Crippen LogP contribution < -0.4 is 11.1 Å². The summed E-state index contributed by atoms with van der Waals surface area (Å²) in [6, 6.07) is 7.70. The molecule has 1 unspecified atom stereocenters. The highest BCUT2D eigenvalue weighted by Crippen LogP contribution is 2.13. The number of aromatic nitrogens is 1. The number of amides is 1. The number of hydrogen-bond acceptors (Lipinski definition) is 4. The van der Waals surface area contributed by atoms with Gasteiger partial charge in [-0.1, -0.05) is 36.8 Å². The van der Waals surface area contributed by atoms with Crippen LogP contribution in [0.5, 0.6) is 0 Å². The van der Waals surface area contributed by atoms with Gasteiger partial charge in [0, 0.05) is 6.54 Å². The number of carbonyl (C=O) groups excluding carboxylic acids is 1. The molecule has 3 N–H and O–H groups in total. The molecule has 2 aromatic rings. The number of aryl methyl sites for hydroxylation is 1. The molecule has 5 nitrogen and oxygen atoms in total. The predicted octanol–water partition coefficient (Wildman–Crippen LogP) is 2.32. The molecular weight excluding hydrogens is 254 g/mol. The van der Waals surface area contributed by atoms with Gasteiger partial charge >= 0.3 is 0 Å². The molecule has 106 valence electrons. The number of hydrogen-bond donors (Lipinski definition) is 2. The minimum absolute atomic E-state index is 0.259. The lowest BCUT2D eigenvalue weighted by Gasteiger charge is -2.04. The van der Waals surface area contributed by atoms with Crippen molar-refractivity contribution in [1.82, 2.24) is 10.3 Å². The van der Waals surface area contributed by atoms with Crippen LogP contribution in [0.15, 0.2) is 34.9 Å². The van der Waals surface area contributed by atoms with Gasteiger partial charge in [-0.3, -0.25) is 4.79 Å². The molecule has 1 aromatic heterocycles. The van der Waals surface area contributed by atoms with Crippen molar-refractivity contribution < 1.29 is 9.21 Å². The van der Waals surface area contributed by atoms with E-state index in [4.69, 9.17) is 10.2 Å². The van der Waals surface area contributed by atoms with E-state index in [1.807, 2.05) is 38.1 Å². The first-order valence-corrected chi connectivity index (χ1v) is 6.65. The van der Waals surface area contributed by atoms with Gasteiger partial charge in [0.2, 0.25) is 5.89 Å². The van der Waals surface area contributed by atoms with Crippen molar-refractivity contribution in [2.24, 2.45) is 5.73 Å². The molecular formula is C15H19N3O2. The number of nitrogens with two attached hydrogens (primary N) is 1. The maximum atomic E-state index is 12.0. The fourth-order valence-corrected chi connectivity index (χ4v) is 1.83. The number of benzene rings is 1. The number of rotatable bonds is 5. The Morgan fingerprint density at radius 1 is 1.50 bits per heavy atom. The van der Waals surface area contributed by atoms with Crippen molar-refractivity contribution in [3.05, 3.63) is 53.2 Å². The van der Waals surface area contributed by atoms with Gasteiger partial charge < -0.3 is 15.5 Å². The molecule has 0 aliphatic heterocycles. The fraction of sp³-hybridized carbons (Fsp3) is 0.333. The van der Waals surface area contributed by atoms with E-state index in [0.29, 0.717) is 18.9 Å². The van der Waals surface area contributed by atoms with Gasteiger partial charge in [-0.05, 0) is 18.9 Å². The van der Waals surface area contributed by atoms with Crippen molar-refractivity contribution in [2.45, 2.75) is 32.9 Å². The van der Waals surface area contributed by atoms with Crippen LogP contribution in [0, 0.1) is 6.92 Å². The van der Waals surface area contributed by atoms with Gasteiger partial charge in [-0.25, -0.2) is 4.98 Å². The van der Waals surface area contributed by atoms with Crippen LogP contribution in [0.1, 0.15) is 46.9 Å². The molecule has 0 saturated heterocycles. The summed E-state index contributed by atoms with van der Waals surface area (Å²) in [5, 5.41) is 2.81. The molecule has 0 aliphatic rings. The van der Waals surface area contributed by atoms with Crippen LogP contribution in [0.4, 0.5) is 0 Å². The smallest absolute Gasteiger partial charge is 0.273 e. The van der Waals surface area contributed by atoms with E-state index in [-0.39, 0.29) is 17.6 Å². The quantitative estimate of drug-likeness (QED) is 0.876. The summed E-state index contributed by atoms with van der Waals surface area (Å²) in [5.41, 5.74) is 8.27. The Labute approximate surface area is 118 Å². The van der Waals surface area contributed by atoms with Gasteiger partial charge in [0.05, 0.1) is 6.04 Å². The second-order valence-corrected chi connectivity index (χ2v) is 4.76. The number of oxazole rings is 1. The largest absolute Gasteiger partial charge is 0.446 e. The van der Waals surface area contributed by atoms with Crippen molar-refractivity contribution in [2.75, 3.05) is 0 Å². The maximum absolute atomic E-state index is 12.0. The summed E-state index contributed by atoms with van der Waals surface area (Å²) in [6.07, 6.45) is 2.06. The van der Waals surface area contributed by atoms with Crippen LogP contribution in [0.2, 0.25) is 0 Å². The average molecular weight is 273 g/mol. The van der Waals surface area contributed by atoms with Crippen LogP contribution >= 0.6 is 0 Å². The monoisotopic (exact) mass is 273 g/mol. The zero-order valence-corrected chi connectivity index (χ0v) is 11.7. The second-order valence-electron chi connectivity index (χ2n) is 4.76. The molecule has 5 heteroatoms. The first-order valence-electron chi connectivity index (χ1n) is 6.65. The van der Waals surface area contributed by atoms with Crippen molar-refractivity contribution >= 4 is 5.91 Å². The van der Waals surface area contributed by atoms with E-state index in [2.05, 4.69) is 10.3 Å². The van der Waals surface area contributed by atoms with Crippen LogP contribution in [-0.2, 0) is 6.54 Å². The molecule has 20 heavy (non-hydrogen) atoms. The van der Waals surface area contributed by atoms with Crippen LogP contribution in [0.25, 0.3) is 0 Å². The fourth-order valence-electron chi connectivity index (χ4n) is 1.83. The number of carbonyl (C=O) groups is 1. The standard InChI is InChI=1S/C15H19N3O2/c1-3-12(16)15-18-13(9-20-15)14(19)17-8-11-6-4-5-10(2)7-11/h4-7,9,12H,3,8,16H2,1-2H3,(H,17,19). The molecule has 1 atom stereocenters. The molecule has 0 saturated carbocycles. The Morgan fingerprint density at radius 3 is 3.00 bits per heavy atom. The number of nitrogens with one attached hydrogen (secondary N) is 1. The Kier molecular flexibility index (Phi) is 4.53. The lowest BCUT2D eigenvalue weighted by Crippen LogP contribution is -2.23. The van der Waals surface area contributed by atoms with Gasteiger partial charge in [-0.15, -0.1) is 0 Å². The Balaban J connectivity index is 1.96. The molecule has 1 amide bonds. The third kappa shape index (κ3) is 3.45. The van der Waals surface area contributed by atoms with Crippen molar-refractivity contribution in [3.63, 3.8) is 0 Å². The summed E-state index contributed by atoms with van der Waals surface area (Å²) >= 11 is 0. The van der Waals surface area contributed by atoms with Gasteiger partial charge in [0.1, 0.15) is 6.26 Å². The first-order chi connectivity index (χ1) is 9.60. The Morgan fingerprint density at radius 2 is 2.30 bits per heavy atom. The molecule has 0 spiro atoms. The van der Waals surface area contributed by atoms with Crippen molar-refractivity contribution in [3.8, 4) is 0 Å². The minimum atomic E-state index is -0.270. The summed E-state index contributed by atoms with van der Waals surface area (Å²) in [7, 11) is 0. The minimum Gasteiger partial charge on any atom is -0.446 e. The molecule has 0 fully saturated rings. The topological polar surface area (TPSA) is 81.1 Å². The number of nitrogens with zero attached hydrogens (tertiary/aromatic N) is 1. The van der Waals surface area contributed by atoms with E-state index in [1.165, 1.54) is 6.26 Å². The van der Waals surface area contributed by atoms with E-state index < -0.39 is 0 Å². The Bertz CT molecular complexity index is 592. The van der Waals surface area contributed by atoms with E-state index in [1.54, 1.807) is 0 Å². The zero-order chi connectivity index (χ0) is 14.5. The second kappa shape index (κ2) is 6.34. The van der Waals surface area contributed by atoms with E-state index in [0.717, 1.165) is 11.1 Å². The molecule has 0 bridgehead atoms. The molecule has 1 heterocycles. The molecule has 0 radical (unpaired) electrons. The van der Waals surface area contributed by atoms with E-state index >= 15 is 0 Å². The lowest BCUT2D eigenvalue weighted by atomic mass is 10.1. The summed E-state index contributed by atoms with van der Waals surface area (Å²) in [6.45, 7) is 4.41.